The second-order valence-electron chi connectivity index (χ2n) is 3.55. The van der Waals surface area contributed by atoms with Crippen molar-refractivity contribution in [3.05, 3.63) is 38.0 Å². The van der Waals surface area contributed by atoms with Gasteiger partial charge in [0.15, 0.2) is 0 Å². The minimum absolute atomic E-state index is 0.156. The molecule has 0 aliphatic heterocycles. The molecule has 0 aliphatic carbocycles. The number of hydrogen-bond donors (Lipinski definition) is 3. The third-order valence-electron chi connectivity index (χ3n) is 1.76. The van der Waals surface area contributed by atoms with Gasteiger partial charge in [0.2, 0.25) is 0 Å². The maximum atomic E-state index is 8.66. The molecule has 0 fully saturated rings. The van der Waals surface area contributed by atoms with Crippen molar-refractivity contribution in [1.29, 1.82) is 0 Å². The molecule has 0 atom stereocenters. The summed E-state index contributed by atoms with van der Waals surface area (Å²) in [6.45, 7) is 17.1. The number of allylic oxidation sites excluding steroid dienone is 3. The Morgan fingerprint density at radius 2 is 0.944 bits per heavy atom. The maximum Gasteiger partial charge on any atom is 0.0531 e. The summed E-state index contributed by atoms with van der Waals surface area (Å²) in [5, 5.41) is 26.0. The van der Waals surface area contributed by atoms with Crippen molar-refractivity contribution in [3.63, 3.8) is 0 Å². The third kappa shape index (κ3) is 24.4. The predicted molar refractivity (Wildman–Crippen MR) is 81.6 cm³/mol. The standard InChI is InChI=1S/C6H14O3.3C3H6/c1-2-6(3-7,4-8)5-9;3*1-3-2/h7-9H,2-5H2,1H3;3*3H,1H2,2H3. The van der Waals surface area contributed by atoms with E-state index in [1.165, 1.54) is 0 Å². The lowest BCUT2D eigenvalue weighted by atomic mass is 9.88. The van der Waals surface area contributed by atoms with Crippen LogP contribution in [0.3, 0.4) is 0 Å². The second kappa shape index (κ2) is 25.1. The quantitative estimate of drug-likeness (QED) is 0.681. The van der Waals surface area contributed by atoms with Crippen LogP contribution in [0.25, 0.3) is 0 Å². The molecule has 0 aromatic heterocycles. The van der Waals surface area contributed by atoms with Crippen molar-refractivity contribution in [2.45, 2.75) is 34.1 Å². The number of rotatable bonds is 4. The van der Waals surface area contributed by atoms with Gasteiger partial charge in [-0.3, -0.25) is 0 Å². The smallest absolute Gasteiger partial charge is 0.0531 e. The van der Waals surface area contributed by atoms with Crippen molar-refractivity contribution >= 4 is 0 Å². The molecule has 0 radical (unpaired) electrons. The molecule has 0 aromatic carbocycles. The Morgan fingerprint density at radius 3 is 0.944 bits per heavy atom. The monoisotopic (exact) mass is 260 g/mol. The molecule has 3 N–H and O–H groups in total. The molecule has 0 rings (SSSR count). The highest BCUT2D eigenvalue weighted by Gasteiger charge is 2.24. The summed E-state index contributed by atoms with van der Waals surface area (Å²) in [5.41, 5.74) is -0.667. The van der Waals surface area contributed by atoms with Crippen LogP contribution in [-0.2, 0) is 0 Å². The summed E-state index contributed by atoms with van der Waals surface area (Å²) in [6.07, 6.45) is 5.84. The van der Waals surface area contributed by atoms with E-state index in [1.807, 2.05) is 27.7 Å². The highest BCUT2D eigenvalue weighted by molar-refractivity contribution is 4.74. The van der Waals surface area contributed by atoms with E-state index in [4.69, 9.17) is 15.3 Å². The Bertz CT molecular complexity index is 129. The van der Waals surface area contributed by atoms with Crippen LogP contribution in [-0.4, -0.2) is 35.1 Å². The zero-order valence-electron chi connectivity index (χ0n) is 12.5. The predicted octanol–water partition coefficient (Wildman–Crippen LogP) is 2.94. The molecule has 0 bridgehead atoms. The van der Waals surface area contributed by atoms with Gasteiger partial charge in [-0.1, -0.05) is 25.2 Å². The van der Waals surface area contributed by atoms with Crippen LogP contribution >= 0.6 is 0 Å². The first-order valence-corrected chi connectivity index (χ1v) is 6.03. The minimum Gasteiger partial charge on any atom is -0.396 e. The van der Waals surface area contributed by atoms with Crippen LogP contribution in [0.4, 0.5) is 0 Å². The molecule has 3 heteroatoms. The van der Waals surface area contributed by atoms with Gasteiger partial charge < -0.3 is 15.3 Å². The Hall–Kier alpha value is -0.900. The third-order valence-corrected chi connectivity index (χ3v) is 1.76. The van der Waals surface area contributed by atoms with Gasteiger partial charge in [-0.05, 0) is 27.2 Å². The first-order chi connectivity index (χ1) is 8.49. The number of aliphatic hydroxyl groups is 3. The highest BCUT2D eigenvalue weighted by atomic mass is 16.3. The van der Waals surface area contributed by atoms with E-state index in [2.05, 4.69) is 19.7 Å². The number of aliphatic hydroxyl groups excluding tert-OH is 3. The van der Waals surface area contributed by atoms with Gasteiger partial charge in [0, 0.05) is 5.41 Å². The largest absolute Gasteiger partial charge is 0.396 e. The second-order valence-corrected chi connectivity index (χ2v) is 3.55. The normalized spacial score (nSPS) is 8.17. The molecule has 0 aliphatic rings. The van der Waals surface area contributed by atoms with Gasteiger partial charge >= 0.3 is 0 Å². The van der Waals surface area contributed by atoms with Crippen LogP contribution in [0.1, 0.15) is 34.1 Å². The Kier molecular flexibility index (Phi) is 36.0. The minimum atomic E-state index is -0.667. The Balaban J connectivity index is -0.0000000902. The Labute approximate surface area is 113 Å². The SMILES string of the molecule is C=CC.C=CC.C=CC.CCC(CO)(CO)CO. The summed E-state index contributed by atoms with van der Waals surface area (Å²) in [5.74, 6) is 0. The summed E-state index contributed by atoms with van der Waals surface area (Å²) in [7, 11) is 0. The molecular formula is C15H32O3. The van der Waals surface area contributed by atoms with Crippen molar-refractivity contribution in [3.8, 4) is 0 Å². The maximum absolute atomic E-state index is 8.66. The lowest BCUT2D eigenvalue weighted by Crippen LogP contribution is -2.32. The molecular weight excluding hydrogens is 228 g/mol. The van der Waals surface area contributed by atoms with E-state index in [1.54, 1.807) is 18.2 Å². The van der Waals surface area contributed by atoms with Crippen LogP contribution in [0, 0.1) is 5.41 Å². The van der Waals surface area contributed by atoms with E-state index in [0.29, 0.717) is 6.42 Å². The molecule has 0 saturated carbocycles. The zero-order valence-corrected chi connectivity index (χ0v) is 12.5. The molecule has 0 heterocycles. The van der Waals surface area contributed by atoms with Crippen molar-refractivity contribution < 1.29 is 15.3 Å². The van der Waals surface area contributed by atoms with Crippen molar-refractivity contribution in [1.82, 2.24) is 0 Å². The van der Waals surface area contributed by atoms with Crippen LogP contribution in [0.2, 0.25) is 0 Å². The summed E-state index contributed by atoms with van der Waals surface area (Å²) < 4.78 is 0. The molecule has 3 nitrogen and oxygen atoms in total. The fraction of sp³-hybridized carbons (Fsp3) is 0.600. The molecule has 0 amide bonds. The van der Waals surface area contributed by atoms with E-state index < -0.39 is 5.41 Å². The average Bonchev–Trinajstić information content (AvgIpc) is 2.36. The zero-order chi connectivity index (χ0) is 15.4. The topological polar surface area (TPSA) is 60.7 Å². The van der Waals surface area contributed by atoms with Gasteiger partial charge in [-0.15, -0.1) is 19.7 Å². The van der Waals surface area contributed by atoms with Gasteiger partial charge in [-0.2, -0.15) is 0 Å². The molecule has 0 spiro atoms. The lowest BCUT2D eigenvalue weighted by molar-refractivity contribution is 0.00304. The molecule has 110 valence electrons. The van der Waals surface area contributed by atoms with Gasteiger partial charge in [0.1, 0.15) is 0 Å². The van der Waals surface area contributed by atoms with Gasteiger partial charge in [-0.25, -0.2) is 0 Å². The van der Waals surface area contributed by atoms with Crippen molar-refractivity contribution in [2.75, 3.05) is 19.8 Å². The number of hydrogen-bond acceptors (Lipinski definition) is 3. The van der Waals surface area contributed by atoms with E-state index >= 15 is 0 Å². The lowest BCUT2D eigenvalue weighted by Gasteiger charge is -2.24. The van der Waals surface area contributed by atoms with Crippen LogP contribution < -0.4 is 0 Å². The fourth-order valence-corrected chi connectivity index (χ4v) is 0.485. The molecule has 18 heavy (non-hydrogen) atoms. The molecule has 0 aromatic rings. The van der Waals surface area contributed by atoms with E-state index in [9.17, 15) is 0 Å². The summed E-state index contributed by atoms with van der Waals surface area (Å²) in [6, 6.07) is 0. The van der Waals surface area contributed by atoms with E-state index in [-0.39, 0.29) is 19.8 Å². The highest BCUT2D eigenvalue weighted by Crippen LogP contribution is 2.18. The molecule has 0 unspecified atom stereocenters. The van der Waals surface area contributed by atoms with Gasteiger partial charge in [0.05, 0.1) is 19.8 Å². The van der Waals surface area contributed by atoms with Gasteiger partial charge in [0.25, 0.3) is 0 Å². The first-order valence-electron chi connectivity index (χ1n) is 6.03. The summed E-state index contributed by atoms with van der Waals surface area (Å²) >= 11 is 0. The fourth-order valence-electron chi connectivity index (χ4n) is 0.485. The molecule has 0 saturated heterocycles. The van der Waals surface area contributed by atoms with Crippen molar-refractivity contribution in [2.24, 2.45) is 5.41 Å². The van der Waals surface area contributed by atoms with Crippen LogP contribution in [0.5, 0.6) is 0 Å². The Morgan fingerprint density at radius 1 is 0.778 bits per heavy atom. The van der Waals surface area contributed by atoms with E-state index in [0.717, 1.165) is 0 Å². The first kappa shape index (κ1) is 25.8. The summed E-state index contributed by atoms with van der Waals surface area (Å²) in [4.78, 5) is 0. The van der Waals surface area contributed by atoms with Crippen LogP contribution in [0.15, 0.2) is 38.0 Å². The average molecular weight is 260 g/mol.